The van der Waals surface area contributed by atoms with Crippen LogP contribution in [0.5, 0.6) is 0 Å². The molecule has 3 aromatic rings. The molecule has 2 fully saturated rings. The first kappa shape index (κ1) is 25.7. The fourth-order valence-corrected chi connectivity index (χ4v) is 5.43. The molecule has 0 atom stereocenters. The van der Waals surface area contributed by atoms with Crippen molar-refractivity contribution in [3.63, 3.8) is 0 Å². The van der Waals surface area contributed by atoms with Crippen molar-refractivity contribution in [2.75, 3.05) is 50.0 Å². The van der Waals surface area contributed by atoms with Gasteiger partial charge in [0.15, 0.2) is 5.16 Å². The Morgan fingerprint density at radius 1 is 0.974 bits per heavy atom. The fraction of sp³-hybridized carbons (Fsp3) is 0.367. The molecule has 3 aliphatic rings. The zero-order valence-corrected chi connectivity index (χ0v) is 23.2. The summed E-state index contributed by atoms with van der Waals surface area (Å²) in [6.07, 6.45) is 4.68. The highest BCUT2D eigenvalue weighted by Crippen LogP contribution is 2.32. The third kappa shape index (κ3) is 6.54. The first-order chi connectivity index (χ1) is 19.0. The molecule has 1 saturated carbocycles. The van der Waals surface area contributed by atoms with Crippen molar-refractivity contribution in [2.24, 2.45) is 10.9 Å². The number of carbonyl (C=O) groups is 1. The van der Waals surface area contributed by atoms with Crippen LogP contribution in [-0.2, 0) is 11.2 Å². The molecular weight excluding hydrogens is 506 g/mol. The van der Waals surface area contributed by atoms with Gasteiger partial charge in [0.1, 0.15) is 11.6 Å². The second-order valence-electron chi connectivity index (χ2n) is 10.6. The van der Waals surface area contributed by atoms with E-state index in [1.165, 1.54) is 28.5 Å². The van der Waals surface area contributed by atoms with E-state index in [1.807, 2.05) is 24.3 Å². The number of rotatable bonds is 8. The average molecular weight is 540 g/mol. The van der Waals surface area contributed by atoms with Crippen LogP contribution in [0.2, 0.25) is 0 Å². The van der Waals surface area contributed by atoms with Gasteiger partial charge in [-0.05, 0) is 73.5 Å². The standard InChI is InChI=1S/C30H33N7OS/c1-20-3-7-22(8-4-20)24-18-27(31-19-24)32-28-33-29(37-15-13-36(2)14-16-37)35-30(34-28)39-25-11-5-21(6-12-25)17-26(38)23-9-10-23/h3-8,11-12,18,23H,9-10,13-17,19H2,1-2H3,(H,31,32,33,34,35). The molecule has 0 radical (unpaired) electrons. The average Bonchev–Trinajstić information content (AvgIpc) is 3.70. The van der Waals surface area contributed by atoms with E-state index in [0.29, 0.717) is 35.8 Å². The van der Waals surface area contributed by atoms with E-state index in [1.54, 1.807) is 0 Å². The van der Waals surface area contributed by atoms with Gasteiger partial charge in [0.05, 0.1) is 6.54 Å². The van der Waals surface area contributed by atoms with Crippen LogP contribution in [0.15, 0.2) is 69.7 Å². The normalized spacial score (nSPS) is 17.6. The molecule has 0 amide bonds. The van der Waals surface area contributed by atoms with Gasteiger partial charge in [-0.3, -0.25) is 9.79 Å². The molecule has 0 bridgehead atoms. The van der Waals surface area contributed by atoms with Crippen molar-refractivity contribution < 1.29 is 4.79 Å². The number of benzene rings is 2. The Hall–Kier alpha value is -3.56. The van der Waals surface area contributed by atoms with E-state index in [2.05, 4.69) is 64.4 Å². The summed E-state index contributed by atoms with van der Waals surface area (Å²) in [5.41, 5.74) is 4.64. The topological polar surface area (TPSA) is 86.6 Å². The minimum absolute atomic E-state index is 0.287. The van der Waals surface area contributed by atoms with Crippen LogP contribution in [0.4, 0.5) is 11.9 Å². The first-order valence-electron chi connectivity index (χ1n) is 13.6. The van der Waals surface area contributed by atoms with E-state index >= 15 is 0 Å². The van der Waals surface area contributed by atoms with E-state index in [0.717, 1.165) is 55.3 Å². The molecule has 39 heavy (non-hydrogen) atoms. The summed E-state index contributed by atoms with van der Waals surface area (Å²) in [4.78, 5) is 36.8. The third-order valence-corrected chi connectivity index (χ3v) is 8.20. The van der Waals surface area contributed by atoms with Crippen molar-refractivity contribution in [2.45, 2.75) is 36.2 Å². The fourth-order valence-electron chi connectivity index (χ4n) is 4.69. The van der Waals surface area contributed by atoms with Crippen LogP contribution in [0, 0.1) is 12.8 Å². The number of aliphatic imine (C=N–C) groups is 1. The lowest BCUT2D eigenvalue weighted by molar-refractivity contribution is -0.119. The molecule has 200 valence electrons. The monoisotopic (exact) mass is 539 g/mol. The number of amidine groups is 1. The second-order valence-corrected chi connectivity index (χ2v) is 11.6. The molecule has 9 heteroatoms. The maximum atomic E-state index is 12.2. The largest absolute Gasteiger partial charge is 0.338 e. The number of piperazine rings is 1. The van der Waals surface area contributed by atoms with Gasteiger partial charge in [-0.25, -0.2) is 0 Å². The summed E-state index contributed by atoms with van der Waals surface area (Å²) >= 11 is 1.50. The molecule has 0 unspecified atom stereocenters. The van der Waals surface area contributed by atoms with Crippen LogP contribution in [-0.4, -0.2) is 71.2 Å². The number of aryl methyl sites for hydroxylation is 1. The number of likely N-dealkylation sites (N-methyl/N-ethyl adjacent to an activating group) is 1. The molecule has 1 N–H and O–H groups in total. The van der Waals surface area contributed by atoms with Gasteiger partial charge in [0.2, 0.25) is 11.9 Å². The number of hydrogen-bond acceptors (Lipinski definition) is 9. The SMILES string of the molecule is Cc1ccc(C2=CC(Nc3nc(Sc4ccc(CC(=O)C5CC5)cc4)nc(N4CCN(C)CC4)n3)=NC2)cc1. The summed E-state index contributed by atoms with van der Waals surface area (Å²) in [5.74, 6) is 2.57. The number of carbonyl (C=O) groups excluding carboxylic acids is 1. The molecule has 0 spiro atoms. The number of nitrogens with one attached hydrogen (secondary N) is 1. The number of hydrogen-bond donors (Lipinski definition) is 1. The molecular formula is C30H33N7OS. The maximum Gasteiger partial charge on any atom is 0.234 e. The van der Waals surface area contributed by atoms with Crippen molar-refractivity contribution in [3.05, 3.63) is 71.3 Å². The summed E-state index contributed by atoms with van der Waals surface area (Å²) in [6.45, 7) is 6.38. The molecule has 8 nitrogen and oxygen atoms in total. The van der Waals surface area contributed by atoms with Gasteiger partial charge < -0.3 is 15.1 Å². The minimum atomic E-state index is 0.287. The number of ketones is 1. The molecule has 1 saturated heterocycles. The lowest BCUT2D eigenvalue weighted by atomic mass is 10.1. The number of nitrogens with zero attached hydrogens (tertiary/aromatic N) is 6. The smallest absolute Gasteiger partial charge is 0.234 e. The van der Waals surface area contributed by atoms with Gasteiger partial charge in [-0.1, -0.05) is 42.0 Å². The van der Waals surface area contributed by atoms with E-state index < -0.39 is 0 Å². The van der Waals surface area contributed by atoms with Crippen molar-refractivity contribution in [1.29, 1.82) is 0 Å². The van der Waals surface area contributed by atoms with Gasteiger partial charge >= 0.3 is 0 Å². The lowest BCUT2D eigenvalue weighted by Gasteiger charge is -2.32. The molecule has 2 aromatic carbocycles. The van der Waals surface area contributed by atoms with Crippen LogP contribution in [0.1, 0.15) is 29.5 Å². The van der Waals surface area contributed by atoms with E-state index in [4.69, 9.17) is 15.0 Å². The number of anilines is 2. The highest BCUT2D eigenvalue weighted by Gasteiger charge is 2.29. The van der Waals surface area contributed by atoms with Crippen LogP contribution < -0.4 is 10.2 Å². The Morgan fingerprint density at radius 2 is 1.72 bits per heavy atom. The Balaban J connectivity index is 1.20. The predicted molar refractivity (Wildman–Crippen MR) is 157 cm³/mol. The summed E-state index contributed by atoms with van der Waals surface area (Å²) in [7, 11) is 2.14. The zero-order chi connectivity index (χ0) is 26.8. The number of Topliss-reactive ketones (excluding diaryl/α,β-unsaturated/α-hetero) is 1. The molecule has 3 heterocycles. The Kier molecular flexibility index (Phi) is 7.43. The first-order valence-corrected chi connectivity index (χ1v) is 14.4. The van der Waals surface area contributed by atoms with Crippen LogP contribution in [0.3, 0.4) is 0 Å². The Labute approximate surface area is 233 Å². The van der Waals surface area contributed by atoms with Gasteiger partial charge in [-0.15, -0.1) is 0 Å². The molecule has 2 aliphatic heterocycles. The highest BCUT2D eigenvalue weighted by atomic mass is 32.2. The van der Waals surface area contributed by atoms with E-state index in [-0.39, 0.29) is 5.92 Å². The number of aromatic nitrogens is 3. The highest BCUT2D eigenvalue weighted by molar-refractivity contribution is 7.99. The van der Waals surface area contributed by atoms with Crippen molar-refractivity contribution in [3.8, 4) is 0 Å². The summed E-state index contributed by atoms with van der Waals surface area (Å²) in [6, 6.07) is 16.7. The van der Waals surface area contributed by atoms with Crippen LogP contribution >= 0.6 is 11.8 Å². The van der Waals surface area contributed by atoms with Gasteiger partial charge in [0.25, 0.3) is 0 Å². The minimum Gasteiger partial charge on any atom is -0.338 e. The van der Waals surface area contributed by atoms with Crippen molar-refractivity contribution in [1.82, 2.24) is 19.9 Å². The van der Waals surface area contributed by atoms with Gasteiger partial charge in [0, 0.05) is 43.4 Å². The summed E-state index contributed by atoms with van der Waals surface area (Å²) < 4.78 is 0. The zero-order valence-electron chi connectivity index (χ0n) is 22.4. The quantitative estimate of drug-likeness (QED) is 0.448. The molecule has 6 rings (SSSR count). The Morgan fingerprint density at radius 3 is 2.44 bits per heavy atom. The lowest BCUT2D eigenvalue weighted by Crippen LogP contribution is -2.45. The molecule has 1 aliphatic carbocycles. The van der Waals surface area contributed by atoms with E-state index in [9.17, 15) is 4.79 Å². The van der Waals surface area contributed by atoms with Gasteiger partial charge in [-0.2, -0.15) is 15.0 Å². The summed E-state index contributed by atoms with van der Waals surface area (Å²) in [5, 5.41) is 3.97. The third-order valence-electron chi connectivity index (χ3n) is 7.33. The molecule has 1 aromatic heterocycles. The second kappa shape index (κ2) is 11.3. The van der Waals surface area contributed by atoms with Crippen molar-refractivity contribution >= 4 is 40.9 Å². The Bertz CT molecular complexity index is 1410. The predicted octanol–water partition coefficient (Wildman–Crippen LogP) is 4.51. The maximum absolute atomic E-state index is 12.2. The van der Waals surface area contributed by atoms with Crippen LogP contribution in [0.25, 0.3) is 5.57 Å².